The monoisotopic (exact) mass is 461 g/mol. The third-order valence-corrected chi connectivity index (χ3v) is 6.29. The van der Waals surface area contributed by atoms with Crippen molar-refractivity contribution in [3.63, 3.8) is 0 Å². The Morgan fingerprint density at radius 2 is 1.88 bits per heavy atom. The van der Waals surface area contributed by atoms with Gasteiger partial charge in [0, 0.05) is 0 Å². The van der Waals surface area contributed by atoms with Crippen LogP contribution in [0.15, 0.2) is 53.3 Å². The second kappa shape index (κ2) is 10.0. The molecule has 8 nitrogen and oxygen atoms in total. The van der Waals surface area contributed by atoms with Gasteiger partial charge in [-0.15, -0.1) is 0 Å². The standard InChI is InChI=1S/C22H24FN3O5S/c1-3-4-13-32(29,30)25-15(2)22(28)31-14-20-24-19-8-6-5-7-18(19)21(27)26(20)17-11-9-16(23)10-12-17/h5-12,15,25H,3-4,13-14H2,1-2H3. The second-order valence-corrected chi connectivity index (χ2v) is 9.16. The van der Waals surface area contributed by atoms with Crippen molar-refractivity contribution < 1.29 is 22.3 Å². The SMILES string of the molecule is CCCCS(=O)(=O)NC(C)C(=O)OCc1nc2ccccc2c(=O)n1-c1ccc(F)cc1. The number of unbranched alkanes of at least 4 members (excludes halogenated alkanes) is 1. The van der Waals surface area contributed by atoms with E-state index in [4.69, 9.17) is 4.74 Å². The molecule has 2 aromatic carbocycles. The average Bonchev–Trinajstić information content (AvgIpc) is 2.77. The molecule has 1 unspecified atom stereocenters. The number of carbonyl (C=O) groups is 1. The van der Waals surface area contributed by atoms with Crippen LogP contribution in [0.1, 0.15) is 32.5 Å². The van der Waals surface area contributed by atoms with Gasteiger partial charge in [0.25, 0.3) is 5.56 Å². The number of esters is 1. The molecule has 3 rings (SSSR count). The lowest BCUT2D eigenvalue weighted by atomic mass is 10.2. The Kier molecular flexibility index (Phi) is 7.37. The molecule has 0 fully saturated rings. The maximum atomic E-state index is 13.4. The summed E-state index contributed by atoms with van der Waals surface area (Å²) in [4.78, 5) is 29.9. The number of benzene rings is 2. The summed E-state index contributed by atoms with van der Waals surface area (Å²) >= 11 is 0. The molecule has 0 spiro atoms. The van der Waals surface area contributed by atoms with Crippen molar-refractivity contribution in [3.8, 4) is 5.69 Å². The van der Waals surface area contributed by atoms with Crippen LogP contribution in [0.25, 0.3) is 16.6 Å². The number of hydrogen-bond donors (Lipinski definition) is 1. The van der Waals surface area contributed by atoms with E-state index in [1.807, 2.05) is 6.92 Å². The van der Waals surface area contributed by atoms with E-state index in [2.05, 4.69) is 9.71 Å². The van der Waals surface area contributed by atoms with Gasteiger partial charge in [-0.3, -0.25) is 14.2 Å². The molecule has 0 saturated heterocycles. The van der Waals surface area contributed by atoms with E-state index in [1.165, 1.54) is 35.8 Å². The van der Waals surface area contributed by atoms with Gasteiger partial charge in [0.1, 0.15) is 18.5 Å². The fourth-order valence-corrected chi connectivity index (χ4v) is 4.52. The highest BCUT2D eigenvalue weighted by Gasteiger charge is 2.22. The van der Waals surface area contributed by atoms with Crippen LogP contribution in [-0.4, -0.2) is 35.7 Å². The van der Waals surface area contributed by atoms with Crippen molar-refractivity contribution >= 4 is 26.9 Å². The number of ether oxygens (including phenoxy) is 1. The molecule has 0 saturated carbocycles. The minimum absolute atomic E-state index is 0.0859. The molecule has 10 heteroatoms. The fraction of sp³-hybridized carbons (Fsp3) is 0.318. The number of nitrogens with zero attached hydrogens (tertiary/aromatic N) is 2. The summed E-state index contributed by atoms with van der Waals surface area (Å²) in [5, 5.41) is 0.351. The summed E-state index contributed by atoms with van der Waals surface area (Å²) < 4.78 is 46.2. The van der Waals surface area contributed by atoms with Gasteiger partial charge in [-0.1, -0.05) is 25.5 Å². The van der Waals surface area contributed by atoms with Crippen LogP contribution >= 0.6 is 0 Å². The first kappa shape index (κ1) is 23.6. The van der Waals surface area contributed by atoms with Gasteiger partial charge in [0.05, 0.1) is 22.3 Å². The minimum atomic E-state index is -3.62. The summed E-state index contributed by atoms with van der Waals surface area (Å²) in [6.07, 6.45) is 1.18. The molecule has 0 aliphatic heterocycles. The molecule has 1 heterocycles. The maximum Gasteiger partial charge on any atom is 0.324 e. The Morgan fingerprint density at radius 1 is 1.19 bits per heavy atom. The molecule has 0 radical (unpaired) electrons. The zero-order chi connectivity index (χ0) is 23.3. The van der Waals surface area contributed by atoms with Crippen molar-refractivity contribution in [2.75, 3.05) is 5.75 Å². The van der Waals surface area contributed by atoms with Gasteiger partial charge in [0.2, 0.25) is 10.0 Å². The molecule has 0 bridgehead atoms. The number of para-hydroxylation sites is 1. The number of aromatic nitrogens is 2. The minimum Gasteiger partial charge on any atom is -0.456 e. The predicted octanol–water partition coefficient (Wildman–Crippen LogP) is 2.68. The lowest BCUT2D eigenvalue weighted by Gasteiger charge is -2.16. The molecule has 1 N–H and O–H groups in total. The van der Waals surface area contributed by atoms with Gasteiger partial charge in [-0.25, -0.2) is 22.5 Å². The highest BCUT2D eigenvalue weighted by atomic mass is 32.2. The summed E-state index contributed by atoms with van der Waals surface area (Å²) in [7, 11) is -3.62. The number of fused-ring (bicyclic) bond motifs is 1. The molecular formula is C22H24FN3O5S. The van der Waals surface area contributed by atoms with Gasteiger partial charge >= 0.3 is 5.97 Å². The topological polar surface area (TPSA) is 107 Å². The number of halogens is 1. The molecule has 3 aromatic rings. The summed E-state index contributed by atoms with van der Waals surface area (Å²) in [6.45, 7) is 2.87. The van der Waals surface area contributed by atoms with Crippen LogP contribution in [0, 0.1) is 5.82 Å². The zero-order valence-electron chi connectivity index (χ0n) is 17.7. The second-order valence-electron chi connectivity index (χ2n) is 7.28. The number of nitrogens with one attached hydrogen (secondary N) is 1. The van der Waals surface area contributed by atoms with Crippen LogP contribution in [0.4, 0.5) is 4.39 Å². The van der Waals surface area contributed by atoms with Crippen LogP contribution in [0.3, 0.4) is 0 Å². The molecule has 32 heavy (non-hydrogen) atoms. The Hall–Kier alpha value is -3.11. The first-order valence-electron chi connectivity index (χ1n) is 10.1. The molecule has 0 amide bonds. The van der Waals surface area contributed by atoms with E-state index in [0.717, 1.165) is 0 Å². The Bertz CT molecular complexity index is 1270. The van der Waals surface area contributed by atoms with Crippen molar-refractivity contribution in [3.05, 3.63) is 70.5 Å². The molecule has 0 aliphatic carbocycles. The number of carbonyl (C=O) groups excluding carboxylic acids is 1. The van der Waals surface area contributed by atoms with Crippen molar-refractivity contribution in [2.45, 2.75) is 39.3 Å². The third-order valence-electron chi connectivity index (χ3n) is 4.75. The van der Waals surface area contributed by atoms with Crippen molar-refractivity contribution in [1.82, 2.24) is 14.3 Å². The van der Waals surface area contributed by atoms with E-state index < -0.39 is 33.4 Å². The van der Waals surface area contributed by atoms with Crippen LogP contribution < -0.4 is 10.3 Å². The average molecular weight is 462 g/mol. The van der Waals surface area contributed by atoms with Crippen molar-refractivity contribution in [2.24, 2.45) is 0 Å². The maximum absolute atomic E-state index is 13.4. The first-order valence-corrected chi connectivity index (χ1v) is 11.8. The number of hydrogen-bond acceptors (Lipinski definition) is 6. The number of sulfonamides is 1. The summed E-state index contributed by atoms with van der Waals surface area (Å²) in [5.41, 5.74) is 0.367. The quantitative estimate of drug-likeness (QED) is 0.491. The number of rotatable bonds is 9. The molecular weight excluding hydrogens is 437 g/mol. The first-order chi connectivity index (χ1) is 15.2. The summed E-state index contributed by atoms with van der Waals surface area (Å²) in [5.74, 6) is -1.24. The van der Waals surface area contributed by atoms with Gasteiger partial charge in [-0.05, 0) is 49.7 Å². The molecule has 1 aromatic heterocycles. The van der Waals surface area contributed by atoms with Gasteiger partial charge in [-0.2, -0.15) is 0 Å². The molecule has 0 aliphatic rings. The van der Waals surface area contributed by atoms with Crippen LogP contribution in [0.5, 0.6) is 0 Å². The highest BCUT2D eigenvalue weighted by Crippen LogP contribution is 2.15. The Labute approximate surface area is 185 Å². The van der Waals surface area contributed by atoms with E-state index in [9.17, 15) is 22.4 Å². The Morgan fingerprint density at radius 3 is 2.56 bits per heavy atom. The van der Waals surface area contributed by atoms with Crippen LogP contribution in [-0.2, 0) is 26.2 Å². The molecule has 170 valence electrons. The predicted molar refractivity (Wildman–Crippen MR) is 118 cm³/mol. The molecule has 1 atom stereocenters. The smallest absolute Gasteiger partial charge is 0.324 e. The van der Waals surface area contributed by atoms with Crippen LogP contribution in [0.2, 0.25) is 0 Å². The largest absolute Gasteiger partial charge is 0.456 e. The lowest BCUT2D eigenvalue weighted by Crippen LogP contribution is -2.40. The lowest BCUT2D eigenvalue weighted by molar-refractivity contribution is -0.146. The third kappa shape index (κ3) is 5.57. The zero-order valence-corrected chi connectivity index (χ0v) is 18.6. The highest BCUT2D eigenvalue weighted by molar-refractivity contribution is 7.89. The van der Waals surface area contributed by atoms with E-state index in [1.54, 1.807) is 24.3 Å². The van der Waals surface area contributed by atoms with Gasteiger partial charge in [0.15, 0.2) is 5.82 Å². The van der Waals surface area contributed by atoms with E-state index in [0.29, 0.717) is 29.4 Å². The van der Waals surface area contributed by atoms with Gasteiger partial charge < -0.3 is 4.74 Å². The fourth-order valence-electron chi connectivity index (χ4n) is 3.10. The van der Waals surface area contributed by atoms with E-state index >= 15 is 0 Å². The normalized spacial score (nSPS) is 12.6. The van der Waals surface area contributed by atoms with E-state index in [-0.39, 0.29) is 18.2 Å². The van der Waals surface area contributed by atoms with Crippen molar-refractivity contribution in [1.29, 1.82) is 0 Å². The summed E-state index contributed by atoms with van der Waals surface area (Å²) in [6, 6.07) is 10.8. The Balaban J connectivity index is 1.88.